The van der Waals surface area contributed by atoms with E-state index in [1.54, 1.807) is 11.0 Å². The molecule has 2 N–H and O–H groups in total. The second-order valence-corrected chi connectivity index (χ2v) is 11.3. The Bertz CT molecular complexity index is 1670. The van der Waals surface area contributed by atoms with Crippen LogP contribution in [-0.2, 0) is 22.7 Å². The van der Waals surface area contributed by atoms with Gasteiger partial charge in [0, 0.05) is 68.2 Å². The Labute approximate surface area is 250 Å². The van der Waals surface area contributed by atoms with E-state index in [1.165, 1.54) is 0 Å². The SMILES string of the molecule is C=C=Cc1ccc(-n2cc(CN3CCC(Oc4ccc5c(c4)CN(C4CCC(=O)C(=N)CC4=O)C5=O)C3)cn2)cc1NC. The molecular weight excluding hydrogens is 544 g/mol. The number of ether oxygens (including phenoxy) is 1. The zero-order valence-corrected chi connectivity index (χ0v) is 24.1. The lowest BCUT2D eigenvalue weighted by molar-refractivity contribution is -0.122. The molecule has 10 nitrogen and oxygen atoms in total. The molecule has 1 saturated carbocycles. The van der Waals surface area contributed by atoms with Crippen LogP contribution in [0.4, 0.5) is 5.69 Å². The number of nitrogens with one attached hydrogen (secondary N) is 2. The number of carbonyl (C=O) groups is 3. The largest absolute Gasteiger partial charge is 0.489 e. The average Bonchev–Trinajstić information content (AvgIpc) is 3.71. The number of aromatic nitrogens is 2. The summed E-state index contributed by atoms with van der Waals surface area (Å²) >= 11 is 0. The van der Waals surface area contributed by atoms with E-state index in [0.29, 0.717) is 17.9 Å². The third-order valence-electron chi connectivity index (χ3n) is 8.39. The van der Waals surface area contributed by atoms with Gasteiger partial charge in [0.25, 0.3) is 5.91 Å². The number of rotatable bonds is 8. The van der Waals surface area contributed by atoms with Crippen LogP contribution in [0.1, 0.15) is 52.7 Å². The van der Waals surface area contributed by atoms with Crippen LogP contribution in [0.15, 0.2) is 61.1 Å². The molecule has 1 amide bonds. The summed E-state index contributed by atoms with van der Waals surface area (Å²) in [4.78, 5) is 41.7. The van der Waals surface area contributed by atoms with Crippen molar-refractivity contribution in [2.45, 2.75) is 50.9 Å². The van der Waals surface area contributed by atoms with E-state index >= 15 is 0 Å². The molecule has 6 rings (SSSR count). The van der Waals surface area contributed by atoms with Gasteiger partial charge in [0.15, 0.2) is 11.6 Å². The first-order chi connectivity index (χ1) is 20.8. The van der Waals surface area contributed by atoms with Crippen LogP contribution in [0.3, 0.4) is 0 Å². The molecular formula is C33H34N6O4. The van der Waals surface area contributed by atoms with Crippen LogP contribution in [0, 0.1) is 5.41 Å². The average molecular weight is 579 g/mol. The second-order valence-electron chi connectivity index (χ2n) is 11.3. The molecule has 1 aliphatic carbocycles. The van der Waals surface area contributed by atoms with Gasteiger partial charge >= 0.3 is 0 Å². The predicted octanol–water partition coefficient (Wildman–Crippen LogP) is 4.03. The number of hydrogen-bond donors (Lipinski definition) is 2. The molecule has 2 atom stereocenters. The van der Waals surface area contributed by atoms with Crippen LogP contribution in [-0.4, -0.2) is 75.0 Å². The van der Waals surface area contributed by atoms with E-state index < -0.39 is 6.04 Å². The number of benzene rings is 2. The number of likely N-dealkylation sites (tertiary alicyclic amines) is 1. The van der Waals surface area contributed by atoms with Gasteiger partial charge < -0.3 is 20.4 Å². The fourth-order valence-electron chi connectivity index (χ4n) is 6.15. The molecule has 2 fully saturated rings. The monoisotopic (exact) mass is 578 g/mol. The lowest BCUT2D eigenvalue weighted by atomic mass is 10.1. The summed E-state index contributed by atoms with van der Waals surface area (Å²) in [5.74, 6) is -0.0654. The first kappa shape index (κ1) is 28.3. The van der Waals surface area contributed by atoms with E-state index in [-0.39, 0.29) is 48.6 Å². The Morgan fingerprint density at radius 3 is 2.86 bits per heavy atom. The molecule has 2 aromatic carbocycles. The smallest absolute Gasteiger partial charge is 0.255 e. The van der Waals surface area contributed by atoms with Gasteiger partial charge in [0.2, 0.25) is 0 Å². The standard InChI is InChI=1S/C33H34N6O4/c1-3-4-22-5-6-24(14-29(22)35-2)39-18-21(16-36-39)17-37-12-11-26(20-37)43-25-7-8-27-23(13-25)19-38(33(27)42)30-9-10-31(40)28(34)15-32(30)41/h4-8,13-14,16,18,26,30,34-35H,1,9-12,15,17,19-20H2,2H3. The maximum absolute atomic E-state index is 13.1. The minimum Gasteiger partial charge on any atom is -0.489 e. The van der Waals surface area contributed by atoms with E-state index in [0.717, 1.165) is 54.1 Å². The van der Waals surface area contributed by atoms with Crippen molar-refractivity contribution in [2.75, 3.05) is 25.5 Å². The quantitative estimate of drug-likeness (QED) is 0.306. The molecule has 220 valence electrons. The molecule has 1 saturated heterocycles. The van der Waals surface area contributed by atoms with Crippen molar-refractivity contribution in [3.8, 4) is 11.4 Å². The van der Waals surface area contributed by atoms with Crippen LogP contribution in [0.2, 0.25) is 0 Å². The number of anilines is 1. The number of carbonyl (C=O) groups excluding carboxylic acids is 3. The lowest BCUT2D eigenvalue weighted by Gasteiger charge is -2.25. The van der Waals surface area contributed by atoms with Crippen molar-refractivity contribution >= 4 is 34.9 Å². The van der Waals surface area contributed by atoms with Crippen LogP contribution < -0.4 is 10.1 Å². The maximum atomic E-state index is 13.1. The van der Waals surface area contributed by atoms with Gasteiger partial charge in [-0.25, -0.2) is 4.68 Å². The molecule has 2 aliphatic heterocycles. The fourth-order valence-corrected chi connectivity index (χ4v) is 6.15. The molecule has 10 heteroatoms. The zero-order chi connectivity index (χ0) is 30.1. The number of Topliss-reactive ketones (excluding diaryl/α,β-unsaturated/α-hetero) is 2. The molecule has 43 heavy (non-hydrogen) atoms. The van der Waals surface area contributed by atoms with Gasteiger partial charge in [-0.05, 0) is 54.8 Å². The molecule has 0 bridgehead atoms. The van der Waals surface area contributed by atoms with E-state index in [1.807, 2.05) is 60.5 Å². The van der Waals surface area contributed by atoms with Crippen molar-refractivity contribution in [1.29, 1.82) is 5.41 Å². The fraction of sp³-hybridized carbons (Fsp3) is 0.333. The summed E-state index contributed by atoms with van der Waals surface area (Å²) in [6.45, 7) is 6.40. The van der Waals surface area contributed by atoms with Gasteiger partial charge in [-0.2, -0.15) is 5.10 Å². The first-order valence-electron chi connectivity index (χ1n) is 14.5. The highest BCUT2D eigenvalue weighted by molar-refractivity contribution is 6.42. The Morgan fingerprint density at radius 2 is 2.05 bits per heavy atom. The zero-order valence-electron chi connectivity index (χ0n) is 24.1. The first-order valence-corrected chi connectivity index (χ1v) is 14.5. The van der Waals surface area contributed by atoms with Gasteiger partial charge in [-0.1, -0.05) is 12.6 Å². The summed E-state index contributed by atoms with van der Waals surface area (Å²) in [6.07, 6.45) is 6.85. The van der Waals surface area contributed by atoms with Crippen molar-refractivity contribution in [2.24, 2.45) is 0 Å². The summed E-state index contributed by atoms with van der Waals surface area (Å²) in [5.41, 5.74) is 8.10. The second kappa shape index (κ2) is 11.8. The topological polar surface area (TPSA) is 121 Å². The third kappa shape index (κ3) is 5.80. The number of hydrogen-bond acceptors (Lipinski definition) is 8. The molecule has 3 heterocycles. The number of fused-ring (bicyclic) bond motifs is 1. The Morgan fingerprint density at radius 1 is 1.19 bits per heavy atom. The maximum Gasteiger partial charge on any atom is 0.255 e. The molecule has 1 aromatic heterocycles. The Hall–Kier alpha value is -4.79. The van der Waals surface area contributed by atoms with Crippen LogP contribution >= 0.6 is 0 Å². The van der Waals surface area contributed by atoms with Gasteiger partial charge in [-0.3, -0.25) is 19.3 Å². The van der Waals surface area contributed by atoms with Crippen molar-refractivity contribution in [3.05, 3.63) is 83.4 Å². The highest BCUT2D eigenvalue weighted by Gasteiger charge is 2.39. The van der Waals surface area contributed by atoms with Crippen molar-refractivity contribution in [1.82, 2.24) is 19.6 Å². The third-order valence-corrected chi connectivity index (χ3v) is 8.39. The summed E-state index contributed by atoms with van der Waals surface area (Å²) in [6, 6.07) is 10.9. The summed E-state index contributed by atoms with van der Waals surface area (Å²) in [7, 11) is 1.88. The van der Waals surface area contributed by atoms with Gasteiger partial charge in [0.1, 0.15) is 11.9 Å². The normalized spacial score (nSPS) is 20.6. The Kier molecular flexibility index (Phi) is 7.80. The lowest BCUT2D eigenvalue weighted by Crippen LogP contribution is -2.41. The minimum atomic E-state index is -0.678. The van der Waals surface area contributed by atoms with Crippen LogP contribution in [0.25, 0.3) is 11.8 Å². The minimum absolute atomic E-state index is 0.0189. The predicted molar refractivity (Wildman–Crippen MR) is 163 cm³/mol. The number of nitrogens with zero attached hydrogens (tertiary/aromatic N) is 4. The molecule has 3 aliphatic rings. The highest BCUT2D eigenvalue weighted by atomic mass is 16.5. The van der Waals surface area contributed by atoms with E-state index in [4.69, 9.17) is 10.1 Å². The van der Waals surface area contributed by atoms with Crippen molar-refractivity contribution in [3.63, 3.8) is 0 Å². The van der Waals surface area contributed by atoms with Crippen molar-refractivity contribution < 1.29 is 19.1 Å². The highest BCUT2D eigenvalue weighted by Crippen LogP contribution is 2.32. The molecule has 3 aromatic rings. The van der Waals surface area contributed by atoms with E-state index in [2.05, 4.69) is 27.6 Å². The van der Waals surface area contributed by atoms with Gasteiger partial charge in [0.05, 0.1) is 30.1 Å². The summed E-state index contributed by atoms with van der Waals surface area (Å²) in [5, 5.41) is 15.6. The van der Waals surface area contributed by atoms with Crippen LogP contribution in [0.5, 0.6) is 5.75 Å². The van der Waals surface area contributed by atoms with Gasteiger partial charge in [-0.15, -0.1) is 5.73 Å². The summed E-state index contributed by atoms with van der Waals surface area (Å²) < 4.78 is 8.21. The Balaban J connectivity index is 1.06. The molecule has 0 radical (unpaired) electrons. The number of amides is 1. The van der Waals surface area contributed by atoms with E-state index in [9.17, 15) is 14.4 Å². The molecule has 0 spiro atoms. The number of ketones is 2. The molecule has 2 unspecified atom stereocenters.